The molecule has 0 spiro atoms. The molecule has 9 heteroatoms. The highest BCUT2D eigenvalue weighted by Gasteiger charge is 2.18. The van der Waals surface area contributed by atoms with Gasteiger partial charge in [-0.2, -0.15) is 5.10 Å². The molecule has 4 N–H and O–H groups in total. The van der Waals surface area contributed by atoms with E-state index in [0.717, 1.165) is 10.1 Å². The molecule has 2 aromatic carbocycles. The van der Waals surface area contributed by atoms with Gasteiger partial charge in [0.2, 0.25) is 5.88 Å². The van der Waals surface area contributed by atoms with Gasteiger partial charge in [-0.25, -0.2) is 10.2 Å². The van der Waals surface area contributed by atoms with Crippen LogP contribution in [-0.4, -0.2) is 31.4 Å². The molecule has 0 unspecified atom stereocenters. The van der Waals surface area contributed by atoms with Crippen molar-refractivity contribution in [1.29, 1.82) is 0 Å². The first-order chi connectivity index (χ1) is 13.9. The molecule has 9 nitrogen and oxygen atoms in total. The molecular formula is C20H18N4O5. The highest BCUT2D eigenvalue weighted by atomic mass is 16.3. The van der Waals surface area contributed by atoms with E-state index in [1.165, 1.54) is 19.1 Å². The van der Waals surface area contributed by atoms with Gasteiger partial charge < -0.3 is 10.2 Å². The summed E-state index contributed by atoms with van der Waals surface area (Å²) in [4.78, 5) is 38.6. The lowest BCUT2D eigenvalue weighted by atomic mass is 10.2. The summed E-state index contributed by atoms with van der Waals surface area (Å²) < 4.78 is 0.996. The second-order valence-electron chi connectivity index (χ2n) is 6.18. The number of phenols is 1. The third-order valence-electron chi connectivity index (χ3n) is 4.19. The Balaban J connectivity index is 1.93. The van der Waals surface area contributed by atoms with Gasteiger partial charge in [0.05, 0.1) is 17.8 Å². The minimum Gasteiger partial charge on any atom is -0.507 e. The number of para-hydroxylation sites is 1. The van der Waals surface area contributed by atoms with Crippen molar-refractivity contribution in [3.05, 3.63) is 92.1 Å². The molecule has 29 heavy (non-hydrogen) atoms. The van der Waals surface area contributed by atoms with Gasteiger partial charge in [0.25, 0.3) is 11.5 Å². The first-order valence-corrected chi connectivity index (χ1v) is 8.61. The van der Waals surface area contributed by atoms with Gasteiger partial charge in [-0.3, -0.25) is 19.1 Å². The summed E-state index contributed by atoms with van der Waals surface area (Å²) >= 11 is 0. The number of phenolic OH excluding ortho intramolecular Hbond substituents is 1. The quantitative estimate of drug-likeness (QED) is 0.380. The van der Waals surface area contributed by atoms with Crippen LogP contribution in [0.25, 0.3) is 0 Å². The van der Waals surface area contributed by atoms with Crippen LogP contribution in [0.15, 0.2) is 69.3 Å². The normalized spacial score (nSPS) is 11.3. The van der Waals surface area contributed by atoms with Crippen LogP contribution < -0.4 is 16.7 Å². The molecule has 1 aromatic heterocycles. The van der Waals surface area contributed by atoms with Crippen molar-refractivity contribution < 1.29 is 15.0 Å². The number of aromatic hydroxyl groups is 2. The maximum Gasteiger partial charge on any atom is 0.331 e. The van der Waals surface area contributed by atoms with E-state index in [-0.39, 0.29) is 29.1 Å². The van der Waals surface area contributed by atoms with Crippen LogP contribution in [0.3, 0.4) is 0 Å². The predicted molar refractivity (Wildman–Crippen MR) is 106 cm³/mol. The molecule has 1 heterocycles. The lowest BCUT2D eigenvalue weighted by Crippen LogP contribution is -2.34. The molecule has 3 rings (SSSR count). The van der Waals surface area contributed by atoms with Crippen molar-refractivity contribution in [3.63, 3.8) is 0 Å². The Morgan fingerprint density at radius 3 is 2.41 bits per heavy atom. The maximum atomic E-state index is 12.2. The van der Waals surface area contributed by atoms with Gasteiger partial charge in [0, 0.05) is 0 Å². The van der Waals surface area contributed by atoms with Gasteiger partial charge >= 0.3 is 5.69 Å². The SMILES string of the molecule is CC(=NNC(=O)c1ccccc1O)c1c(O)n(Cc2ccccc2)c(=O)[nH]c1=O. The molecule has 0 saturated heterocycles. The number of hydrogen-bond donors (Lipinski definition) is 4. The molecular weight excluding hydrogens is 376 g/mol. The fourth-order valence-electron chi connectivity index (χ4n) is 2.71. The average molecular weight is 394 g/mol. The van der Waals surface area contributed by atoms with Crippen LogP contribution in [0.4, 0.5) is 0 Å². The van der Waals surface area contributed by atoms with Crippen molar-refractivity contribution in [2.45, 2.75) is 13.5 Å². The maximum absolute atomic E-state index is 12.2. The standard InChI is InChI=1S/C20H18N4O5/c1-12(22-23-17(26)14-9-5-6-10-15(14)25)16-18(27)21-20(29)24(19(16)28)11-13-7-3-2-4-8-13/h2-10,25,28H,11H2,1H3,(H,23,26)(H,21,27,29). The number of carbonyl (C=O) groups excluding carboxylic acids is 1. The summed E-state index contributed by atoms with van der Waals surface area (Å²) in [7, 11) is 0. The second-order valence-corrected chi connectivity index (χ2v) is 6.18. The third-order valence-corrected chi connectivity index (χ3v) is 4.19. The fourth-order valence-corrected chi connectivity index (χ4v) is 2.71. The molecule has 0 bridgehead atoms. The van der Waals surface area contributed by atoms with Crippen molar-refractivity contribution in [2.24, 2.45) is 5.10 Å². The second kappa shape index (κ2) is 8.26. The summed E-state index contributed by atoms with van der Waals surface area (Å²) in [6, 6.07) is 14.8. The molecule has 0 aliphatic heterocycles. The van der Waals surface area contributed by atoms with Crippen molar-refractivity contribution in [2.75, 3.05) is 0 Å². The summed E-state index contributed by atoms with van der Waals surface area (Å²) in [6.07, 6.45) is 0. The Morgan fingerprint density at radius 1 is 1.07 bits per heavy atom. The minimum atomic E-state index is -0.838. The van der Waals surface area contributed by atoms with Crippen LogP contribution in [-0.2, 0) is 6.54 Å². The molecule has 0 fully saturated rings. The summed E-state index contributed by atoms with van der Waals surface area (Å²) in [5.41, 5.74) is 1.07. The first-order valence-electron chi connectivity index (χ1n) is 8.61. The van der Waals surface area contributed by atoms with E-state index < -0.39 is 23.0 Å². The van der Waals surface area contributed by atoms with Crippen molar-refractivity contribution in [1.82, 2.24) is 15.0 Å². The number of benzene rings is 2. The van der Waals surface area contributed by atoms with Gasteiger partial charge in [-0.1, -0.05) is 42.5 Å². The molecule has 0 radical (unpaired) electrons. The van der Waals surface area contributed by atoms with Gasteiger partial charge in [0.15, 0.2) is 0 Å². The van der Waals surface area contributed by atoms with Gasteiger partial charge in [-0.15, -0.1) is 0 Å². The number of aromatic amines is 1. The van der Waals surface area contributed by atoms with Crippen LogP contribution in [0.5, 0.6) is 11.6 Å². The zero-order valence-corrected chi connectivity index (χ0v) is 15.4. The van der Waals surface area contributed by atoms with Gasteiger partial charge in [0.1, 0.15) is 11.3 Å². The van der Waals surface area contributed by atoms with Crippen LogP contribution in [0.2, 0.25) is 0 Å². The molecule has 0 saturated carbocycles. The van der Waals surface area contributed by atoms with Gasteiger partial charge in [-0.05, 0) is 24.6 Å². The zero-order chi connectivity index (χ0) is 21.0. The number of carbonyl (C=O) groups is 1. The predicted octanol–water partition coefficient (Wildman–Crippen LogP) is 1.15. The average Bonchev–Trinajstić information content (AvgIpc) is 2.70. The number of aromatic nitrogens is 2. The molecule has 3 aromatic rings. The van der Waals surface area contributed by atoms with E-state index in [9.17, 15) is 24.6 Å². The van der Waals surface area contributed by atoms with Crippen molar-refractivity contribution >= 4 is 11.6 Å². The Morgan fingerprint density at radius 2 is 1.72 bits per heavy atom. The Bertz CT molecular complexity index is 1200. The van der Waals surface area contributed by atoms with E-state index in [1.807, 2.05) is 6.07 Å². The van der Waals surface area contributed by atoms with Crippen molar-refractivity contribution in [3.8, 4) is 11.6 Å². The van der Waals surface area contributed by atoms with E-state index in [2.05, 4.69) is 15.5 Å². The highest BCUT2D eigenvalue weighted by Crippen LogP contribution is 2.16. The van der Waals surface area contributed by atoms with E-state index >= 15 is 0 Å². The molecule has 148 valence electrons. The fraction of sp³-hybridized carbons (Fsp3) is 0.100. The Labute approximate surface area is 164 Å². The van der Waals surface area contributed by atoms with E-state index in [0.29, 0.717) is 0 Å². The number of hydrogen-bond acceptors (Lipinski definition) is 6. The number of rotatable bonds is 5. The highest BCUT2D eigenvalue weighted by molar-refractivity contribution is 6.02. The summed E-state index contributed by atoms with van der Waals surface area (Å²) in [6.45, 7) is 1.43. The summed E-state index contributed by atoms with van der Waals surface area (Å²) in [5.74, 6) is -1.49. The molecule has 1 amide bonds. The lowest BCUT2D eigenvalue weighted by Gasteiger charge is -2.11. The number of H-pyrrole nitrogens is 1. The molecule has 0 aliphatic rings. The number of nitrogens with one attached hydrogen (secondary N) is 2. The van der Waals surface area contributed by atoms with E-state index in [1.54, 1.807) is 36.4 Å². The lowest BCUT2D eigenvalue weighted by molar-refractivity contribution is 0.0952. The molecule has 0 aliphatic carbocycles. The Kier molecular flexibility index (Phi) is 5.59. The van der Waals surface area contributed by atoms with Crippen LogP contribution >= 0.6 is 0 Å². The minimum absolute atomic E-state index is 0.00349. The number of hydrazone groups is 1. The third kappa shape index (κ3) is 4.24. The topological polar surface area (TPSA) is 137 Å². The first kappa shape index (κ1) is 19.6. The van der Waals surface area contributed by atoms with E-state index in [4.69, 9.17) is 0 Å². The zero-order valence-electron chi connectivity index (χ0n) is 15.4. The summed E-state index contributed by atoms with van der Waals surface area (Å²) in [5, 5.41) is 24.1. The smallest absolute Gasteiger partial charge is 0.331 e. The number of amides is 1. The van der Waals surface area contributed by atoms with Crippen LogP contribution in [0.1, 0.15) is 28.4 Å². The monoisotopic (exact) mass is 394 g/mol. The number of nitrogens with zero attached hydrogens (tertiary/aromatic N) is 2. The largest absolute Gasteiger partial charge is 0.507 e. The Hall–Kier alpha value is -4.14. The molecule has 0 atom stereocenters. The van der Waals surface area contributed by atoms with Crippen LogP contribution in [0, 0.1) is 0 Å².